The van der Waals surface area contributed by atoms with Gasteiger partial charge in [-0.15, -0.1) is 0 Å². The van der Waals surface area contributed by atoms with Gasteiger partial charge < -0.3 is 20.3 Å². The molecule has 174 valence electrons. The molecule has 9 heteroatoms. The van der Waals surface area contributed by atoms with Gasteiger partial charge in [-0.05, 0) is 48.7 Å². The fourth-order valence-corrected chi connectivity index (χ4v) is 7.16. The molecule has 8 nitrogen and oxygen atoms in total. The molecular formula is C25H22N2O6S. The summed E-state index contributed by atoms with van der Waals surface area (Å²) >= 11 is 0. The average molecular weight is 479 g/mol. The summed E-state index contributed by atoms with van der Waals surface area (Å²) in [5.74, 6) is -1.78. The molecule has 2 atom stereocenters. The number of hydrogen-bond acceptors (Lipinski definition) is 7. The molecule has 3 aliphatic heterocycles. The quantitative estimate of drug-likeness (QED) is 0.383. The normalized spacial score (nSPS) is 25.4. The number of ether oxygens (including phenoxy) is 1. The lowest BCUT2D eigenvalue weighted by Crippen LogP contribution is -2.68. The number of hydrogen-bond donors (Lipinski definition) is 3. The van der Waals surface area contributed by atoms with Crippen LogP contribution in [0.4, 0.5) is 5.69 Å². The number of aromatic hydroxyl groups is 2. The molecule has 0 aliphatic carbocycles. The molecule has 3 aliphatic rings. The highest BCUT2D eigenvalue weighted by Gasteiger charge is 2.68. The number of nitrogens with one attached hydrogen (secondary N) is 1. The van der Waals surface area contributed by atoms with Crippen LogP contribution in [0.5, 0.6) is 11.5 Å². The van der Waals surface area contributed by atoms with E-state index < -0.39 is 38.6 Å². The van der Waals surface area contributed by atoms with Gasteiger partial charge in [-0.3, -0.25) is 0 Å². The Morgan fingerprint density at radius 3 is 2.50 bits per heavy atom. The van der Waals surface area contributed by atoms with Crippen molar-refractivity contribution >= 4 is 21.7 Å². The van der Waals surface area contributed by atoms with E-state index in [9.17, 15) is 23.4 Å². The maximum Gasteiger partial charge on any atom is 0.344 e. The molecule has 2 unspecified atom stereocenters. The Balaban J connectivity index is 1.54. The number of para-hydroxylation sites is 1. The van der Waals surface area contributed by atoms with E-state index in [2.05, 4.69) is 5.32 Å². The molecule has 0 saturated carbocycles. The monoisotopic (exact) mass is 478 g/mol. The zero-order chi connectivity index (χ0) is 23.9. The third kappa shape index (κ3) is 2.51. The highest BCUT2D eigenvalue weighted by atomic mass is 32.2. The molecule has 1 saturated heterocycles. The highest BCUT2D eigenvalue weighted by Crippen LogP contribution is 2.61. The molecular weight excluding hydrogens is 456 g/mol. The summed E-state index contributed by atoms with van der Waals surface area (Å²) in [6.45, 7) is 1.94. The summed E-state index contributed by atoms with van der Waals surface area (Å²) in [6, 6.07) is 17.1. The van der Waals surface area contributed by atoms with Gasteiger partial charge in [0.05, 0.1) is 16.9 Å². The zero-order valence-corrected chi connectivity index (χ0v) is 19.1. The number of anilines is 1. The van der Waals surface area contributed by atoms with Crippen LogP contribution in [0.25, 0.3) is 0 Å². The standard InChI is InChI=1S/C25H22N2O6S/c1-15-6-8-16(9-7-15)34(31,32)27-13-12-24-17-4-2-3-5-19(17)26-25(24,14-27)33-23(30)21-18(24)10-11-20(28)22(21)29/h2-11,26,28-29H,12-14H2,1H3. The maximum atomic E-state index is 13.5. The van der Waals surface area contributed by atoms with E-state index in [-0.39, 0.29) is 23.5 Å². The summed E-state index contributed by atoms with van der Waals surface area (Å²) in [4.78, 5) is 13.3. The van der Waals surface area contributed by atoms with E-state index in [1.165, 1.54) is 10.4 Å². The minimum atomic E-state index is -3.86. The Bertz CT molecular complexity index is 1470. The van der Waals surface area contributed by atoms with Gasteiger partial charge in [0.2, 0.25) is 15.7 Å². The average Bonchev–Trinajstić information content (AvgIpc) is 3.11. The van der Waals surface area contributed by atoms with Crippen molar-refractivity contribution < 1.29 is 28.2 Å². The lowest BCUT2D eigenvalue weighted by Gasteiger charge is -2.53. The SMILES string of the molecule is Cc1ccc(S(=O)(=O)N2CCC34c5ccccc5NC3(C2)OC(=O)c2c4ccc(O)c2O)cc1. The number of benzene rings is 3. The molecule has 0 amide bonds. The van der Waals surface area contributed by atoms with Crippen molar-refractivity contribution in [2.24, 2.45) is 0 Å². The second kappa shape index (κ2) is 6.74. The lowest BCUT2D eigenvalue weighted by atomic mass is 9.62. The Morgan fingerprint density at radius 1 is 1.00 bits per heavy atom. The first-order chi connectivity index (χ1) is 16.2. The van der Waals surface area contributed by atoms with Crippen LogP contribution in [-0.4, -0.2) is 47.7 Å². The number of phenols is 2. The number of sulfonamides is 1. The van der Waals surface area contributed by atoms with E-state index >= 15 is 0 Å². The van der Waals surface area contributed by atoms with Crippen molar-refractivity contribution in [3.05, 3.63) is 82.9 Å². The second-order valence-corrected chi connectivity index (χ2v) is 11.0. The predicted molar refractivity (Wildman–Crippen MR) is 123 cm³/mol. The first-order valence-corrected chi connectivity index (χ1v) is 12.4. The molecule has 3 aromatic carbocycles. The Labute approximate surface area is 196 Å². The fraction of sp³-hybridized carbons (Fsp3) is 0.240. The van der Waals surface area contributed by atoms with Crippen LogP contribution in [0, 0.1) is 6.92 Å². The van der Waals surface area contributed by atoms with Crippen LogP contribution in [-0.2, 0) is 20.2 Å². The van der Waals surface area contributed by atoms with Crippen LogP contribution in [0.3, 0.4) is 0 Å². The zero-order valence-electron chi connectivity index (χ0n) is 18.3. The van der Waals surface area contributed by atoms with Crippen molar-refractivity contribution in [1.29, 1.82) is 0 Å². The number of fused-ring (bicyclic) bond motifs is 2. The van der Waals surface area contributed by atoms with E-state index in [4.69, 9.17) is 4.74 Å². The van der Waals surface area contributed by atoms with E-state index in [1.807, 2.05) is 31.2 Å². The van der Waals surface area contributed by atoms with Gasteiger partial charge >= 0.3 is 5.97 Å². The molecule has 0 spiro atoms. The van der Waals surface area contributed by atoms with Gasteiger partial charge in [-0.2, -0.15) is 4.31 Å². The number of nitrogens with zero attached hydrogens (tertiary/aromatic N) is 1. The summed E-state index contributed by atoms with van der Waals surface area (Å²) in [5.41, 5.74) is 0.570. The van der Waals surface area contributed by atoms with Crippen molar-refractivity contribution in [2.75, 3.05) is 18.4 Å². The van der Waals surface area contributed by atoms with E-state index in [0.29, 0.717) is 12.0 Å². The molecule has 0 aromatic heterocycles. The molecule has 34 heavy (non-hydrogen) atoms. The van der Waals surface area contributed by atoms with Crippen molar-refractivity contribution in [3.8, 4) is 11.5 Å². The lowest BCUT2D eigenvalue weighted by molar-refractivity contribution is -0.0666. The highest BCUT2D eigenvalue weighted by molar-refractivity contribution is 7.89. The molecule has 3 N–H and O–H groups in total. The number of aryl methyl sites for hydroxylation is 1. The second-order valence-electron chi connectivity index (χ2n) is 9.05. The Kier molecular flexibility index (Phi) is 4.16. The summed E-state index contributed by atoms with van der Waals surface area (Å²) in [5, 5.41) is 23.9. The van der Waals surface area contributed by atoms with Crippen LogP contribution < -0.4 is 5.32 Å². The van der Waals surface area contributed by atoms with Crippen LogP contribution in [0.15, 0.2) is 65.6 Å². The molecule has 3 heterocycles. The van der Waals surface area contributed by atoms with Crippen molar-refractivity contribution in [2.45, 2.75) is 29.4 Å². The van der Waals surface area contributed by atoms with Gasteiger partial charge in [0.1, 0.15) is 5.56 Å². The fourth-order valence-electron chi connectivity index (χ4n) is 5.70. The number of esters is 1. The Morgan fingerprint density at radius 2 is 1.74 bits per heavy atom. The van der Waals surface area contributed by atoms with Crippen molar-refractivity contribution in [1.82, 2.24) is 4.31 Å². The molecule has 6 rings (SSSR count). The minimum Gasteiger partial charge on any atom is -0.504 e. The molecule has 0 radical (unpaired) electrons. The number of piperidine rings is 1. The van der Waals surface area contributed by atoms with Crippen LogP contribution in [0.1, 0.15) is 33.5 Å². The third-order valence-electron chi connectivity index (χ3n) is 7.29. The molecule has 1 fully saturated rings. The molecule has 0 bridgehead atoms. The van der Waals surface area contributed by atoms with E-state index in [1.54, 1.807) is 30.3 Å². The van der Waals surface area contributed by atoms with Crippen molar-refractivity contribution in [3.63, 3.8) is 0 Å². The summed E-state index contributed by atoms with van der Waals surface area (Å²) in [7, 11) is -3.86. The van der Waals surface area contributed by atoms with Gasteiger partial charge in [0, 0.05) is 12.2 Å². The summed E-state index contributed by atoms with van der Waals surface area (Å²) in [6.07, 6.45) is 0.298. The van der Waals surface area contributed by atoms with Gasteiger partial charge in [-0.25, -0.2) is 13.2 Å². The maximum absolute atomic E-state index is 13.5. The van der Waals surface area contributed by atoms with Gasteiger partial charge in [0.15, 0.2) is 11.5 Å². The van der Waals surface area contributed by atoms with Gasteiger partial charge in [0.25, 0.3) is 0 Å². The largest absolute Gasteiger partial charge is 0.504 e. The van der Waals surface area contributed by atoms with Gasteiger partial charge in [-0.1, -0.05) is 42.0 Å². The first-order valence-electron chi connectivity index (χ1n) is 10.9. The van der Waals surface area contributed by atoms with E-state index in [0.717, 1.165) is 16.8 Å². The smallest absolute Gasteiger partial charge is 0.344 e. The third-order valence-corrected chi connectivity index (χ3v) is 9.15. The predicted octanol–water partition coefficient (Wildman–Crippen LogP) is 3.08. The minimum absolute atomic E-state index is 0.0935. The number of carbonyl (C=O) groups excluding carboxylic acids is 1. The molecule has 3 aromatic rings. The van der Waals surface area contributed by atoms with Crippen LogP contribution in [0.2, 0.25) is 0 Å². The number of phenolic OH excluding ortho intramolecular Hbond substituents is 2. The Hall–Kier alpha value is -3.56. The number of carbonyl (C=O) groups is 1. The first kappa shape index (κ1) is 21.0. The number of rotatable bonds is 2. The topological polar surface area (TPSA) is 116 Å². The summed E-state index contributed by atoms with van der Waals surface area (Å²) < 4.78 is 34.4. The van der Waals surface area contributed by atoms with Crippen LogP contribution >= 0.6 is 0 Å².